The monoisotopic (exact) mass is 164 g/mol. The minimum Gasteiger partial charge on any atom is -0.0843 e. The predicted octanol–water partition coefficient (Wildman–Crippen LogP) is 3.30. The molecule has 11 heavy (non-hydrogen) atoms. The van der Waals surface area contributed by atoms with E-state index < -0.39 is 0 Å². The Kier molecular flexibility index (Phi) is 1.71. The van der Waals surface area contributed by atoms with Crippen molar-refractivity contribution in [1.29, 1.82) is 0 Å². The standard InChI is InChI=1S/C10H9Cl/c11-10-6-5-8-3-1-2-4-9(8)7-10/h2,4-7H,1,3H2. The van der Waals surface area contributed by atoms with E-state index in [1.54, 1.807) is 0 Å². The normalized spacial score (nSPS) is 14.6. The summed E-state index contributed by atoms with van der Waals surface area (Å²) in [5, 5.41) is 0.829. The van der Waals surface area contributed by atoms with Crippen molar-refractivity contribution >= 4 is 17.7 Å². The molecule has 0 nitrogen and oxygen atoms in total. The molecule has 2 rings (SSSR count). The number of hydrogen-bond acceptors (Lipinski definition) is 0. The van der Waals surface area contributed by atoms with Gasteiger partial charge in [-0.3, -0.25) is 0 Å². The largest absolute Gasteiger partial charge is 0.0843 e. The molecule has 1 aromatic carbocycles. The molecule has 0 N–H and O–H groups in total. The molecule has 1 heteroatoms. The summed E-state index contributed by atoms with van der Waals surface area (Å²) in [4.78, 5) is 0. The lowest BCUT2D eigenvalue weighted by Crippen LogP contribution is -1.92. The predicted molar refractivity (Wildman–Crippen MR) is 48.8 cm³/mol. The first-order valence-corrected chi connectivity index (χ1v) is 4.19. The van der Waals surface area contributed by atoms with Crippen LogP contribution in [0, 0.1) is 0 Å². The topological polar surface area (TPSA) is 0 Å². The van der Waals surface area contributed by atoms with E-state index in [1.807, 2.05) is 12.1 Å². The zero-order chi connectivity index (χ0) is 7.68. The summed E-state index contributed by atoms with van der Waals surface area (Å²) in [7, 11) is 0. The van der Waals surface area contributed by atoms with E-state index in [0.717, 1.165) is 17.9 Å². The molecule has 1 aliphatic carbocycles. The van der Waals surface area contributed by atoms with Crippen molar-refractivity contribution in [3.8, 4) is 0 Å². The van der Waals surface area contributed by atoms with Crippen LogP contribution in [0.5, 0.6) is 0 Å². The SMILES string of the molecule is Clc1ccc2c(c1)C=CCC2. The lowest BCUT2D eigenvalue weighted by molar-refractivity contribution is 0.986. The molecule has 0 saturated carbocycles. The fourth-order valence-corrected chi connectivity index (χ4v) is 1.58. The first-order chi connectivity index (χ1) is 5.36. The molecule has 0 bridgehead atoms. The zero-order valence-corrected chi connectivity index (χ0v) is 6.93. The lowest BCUT2D eigenvalue weighted by atomic mass is 9.98. The van der Waals surface area contributed by atoms with E-state index in [0.29, 0.717) is 0 Å². The molecule has 0 fully saturated rings. The summed E-state index contributed by atoms with van der Waals surface area (Å²) in [5.74, 6) is 0. The van der Waals surface area contributed by atoms with E-state index in [4.69, 9.17) is 11.6 Å². The molecule has 0 saturated heterocycles. The third-order valence-corrected chi connectivity index (χ3v) is 2.22. The van der Waals surface area contributed by atoms with Crippen LogP contribution in [-0.4, -0.2) is 0 Å². The van der Waals surface area contributed by atoms with E-state index in [1.165, 1.54) is 11.1 Å². The van der Waals surface area contributed by atoms with Crippen molar-refractivity contribution in [2.45, 2.75) is 12.8 Å². The fourth-order valence-electron chi connectivity index (χ4n) is 1.40. The van der Waals surface area contributed by atoms with Crippen molar-refractivity contribution in [1.82, 2.24) is 0 Å². The molecule has 0 radical (unpaired) electrons. The average molecular weight is 165 g/mol. The van der Waals surface area contributed by atoms with Crippen LogP contribution in [0.3, 0.4) is 0 Å². The third kappa shape index (κ3) is 1.31. The molecule has 56 valence electrons. The molecular formula is C10H9Cl. The number of fused-ring (bicyclic) bond motifs is 1. The summed E-state index contributed by atoms with van der Waals surface area (Å²) in [6.07, 6.45) is 6.65. The van der Waals surface area contributed by atoms with E-state index in [9.17, 15) is 0 Å². The van der Waals surface area contributed by atoms with Crippen molar-refractivity contribution in [2.75, 3.05) is 0 Å². The van der Waals surface area contributed by atoms with Gasteiger partial charge in [0.2, 0.25) is 0 Å². The highest BCUT2D eigenvalue weighted by atomic mass is 35.5. The van der Waals surface area contributed by atoms with Gasteiger partial charge in [-0.2, -0.15) is 0 Å². The van der Waals surface area contributed by atoms with Gasteiger partial charge in [0.25, 0.3) is 0 Å². The first kappa shape index (κ1) is 6.93. The summed E-state index contributed by atoms with van der Waals surface area (Å²) in [6.45, 7) is 0. The number of allylic oxidation sites excluding steroid dienone is 1. The maximum absolute atomic E-state index is 5.84. The molecule has 0 spiro atoms. The highest BCUT2D eigenvalue weighted by molar-refractivity contribution is 6.30. The first-order valence-electron chi connectivity index (χ1n) is 3.81. The smallest absolute Gasteiger partial charge is 0.0412 e. The number of aryl methyl sites for hydroxylation is 1. The Hall–Kier alpha value is -0.750. The van der Waals surface area contributed by atoms with Crippen molar-refractivity contribution < 1.29 is 0 Å². The van der Waals surface area contributed by atoms with Gasteiger partial charge < -0.3 is 0 Å². The third-order valence-electron chi connectivity index (χ3n) is 1.99. The maximum Gasteiger partial charge on any atom is 0.0412 e. The summed E-state index contributed by atoms with van der Waals surface area (Å²) in [5.41, 5.74) is 2.70. The molecule has 0 aromatic heterocycles. The van der Waals surface area contributed by atoms with E-state index >= 15 is 0 Å². The number of halogens is 1. The van der Waals surface area contributed by atoms with Gasteiger partial charge in [0, 0.05) is 5.02 Å². The Morgan fingerprint density at radius 2 is 2.18 bits per heavy atom. The van der Waals surface area contributed by atoms with E-state index in [-0.39, 0.29) is 0 Å². The minimum absolute atomic E-state index is 0.829. The number of rotatable bonds is 0. The quantitative estimate of drug-likeness (QED) is 0.552. The summed E-state index contributed by atoms with van der Waals surface area (Å²) >= 11 is 5.84. The van der Waals surface area contributed by atoms with Crippen molar-refractivity contribution in [2.24, 2.45) is 0 Å². The van der Waals surface area contributed by atoms with Crippen LogP contribution >= 0.6 is 11.6 Å². The van der Waals surface area contributed by atoms with Gasteiger partial charge in [-0.25, -0.2) is 0 Å². The Morgan fingerprint density at radius 1 is 1.27 bits per heavy atom. The molecule has 0 atom stereocenters. The van der Waals surface area contributed by atoms with Crippen LogP contribution in [0.4, 0.5) is 0 Å². The Morgan fingerprint density at radius 3 is 3.09 bits per heavy atom. The van der Waals surface area contributed by atoms with Crippen LogP contribution in [-0.2, 0) is 6.42 Å². The number of benzene rings is 1. The molecule has 0 unspecified atom stereocenters. The van der Waals surface area contributed by atoms with Gasteiger partial charge in [0.05, 0.1) is 0 Å². The highest BCUT2D eigenvalue weighted by Crippen LogP contribution is 2.22. The molecule has 0 aliphatic heterocycles. The van der Waals surface area contributed by atoms with Crippen LogP contribution in [0.25, 0.3) is 6.08 Å². The van der Waals surface area contributed by atoms with Gasteiger partial charge in [0.15, 0.2) is 0 Å². The Labute approximate surface area is 71.5 Å². The Bertz CT molecular complexity index is 300. The zero-order valence-electron chi connectivity index (χ0n) is 6.18. The number of hydrogen-bond donors (Lipinski definition) is 0. The van der Waals surface area contributed by atoms with E-state index in [2.05, 4.69) is 18.2 Å². The van der Waals surface area contributed by atoms with Gasteiger partial charge >= 0.3 is 0 Å². The maximum atomic E-state index is 5.84. The van der Waals surface area contributed by atoms with Crippen LogP contribution < -0.4 is 0 Å². The van der Waals surface area contributed by atoms with Gasteiger partial charge in [0.1, 0.15) is 0 Å². The fraction of sp³-hybridized carbons (Fsp3) is 0.200. The van der Waals surface area contributed by atoms with Crippen LogP contribution in [0.15, 0.2) is 24.3 Å². The van der Waals surface area contributed by atoms with Crippen molar-refractivity contribution in [3.05, 3.63) is 40.4 Å². The molecule has 1 aliphatic rings. The second-order valence-corrected chi connectivity index (χ2v) is 3.22. The minimum atomic E-state index is 0.829. The second kappa shape index (κ2) is 2.71. The second-order valence-electron chi connectivity index (χ2n) is 2.78. The highest BCUT2D eigenvalue weighted by Gasteiger charge is 2.03. The van der Waals surface area contributed by atoms with Gasteiger partial charge in [-0.1, -0.05) is 29.8 Å². The lowest BCUT2D eigenvalue weighted by Gasteiger charge is -2.09. The van der Waals surface area contributed by atoms with Crippen LogP contribution in [0.2, 0.25) is 5.02 Å². The summed E-state index contributed by atoms with van der Waals surface area (Å²) in [6, 6.07) is 6.09. The Balaban J connectivity index is 2.54. The molecular weight excluding hydrogens is 156 g/mol. The van der Waals surface area contributed by atoms with Crippen molar-refractivity contribution in [3.63, 3.8) is 0 Å². The van der Waals surface area contributed by atoms with Gasteiger partial charge in [-0.05, 0) is 36.1 Å². The van der Waals surface area contributed by atoms with Crippen LogP contribution in [0.1, 0.15) is 17.5 Å². The van der Waals surface area contributed by atoms with Gasteiger partial charge in [-0.15, -0.1) is 0 Å². The molecule has 1 aromatic rings. The molecule has 0 heterocycles. The average Bonchev–Trinajstić information content (AvgIpc) is 2.04. The molecule has 0 amide bonds. The summed E-state index contributed by atoms with van der Waals surface area (Å²) < 4.78 is 0.